The van der Waals surface area contributed by atoms with E-state index in [0.717, 1.165) is 33.5 Å². The number of aromatic nitrogens is 2. The van der Waals surface area contributed by atoms with Crippen molar-refractivity contribution in [1.82, 2.24) is 9.55 Å². The number of carbonyl (C=O) groups excluding carboxylic acids is 1. The molecule has 0 saturated carbocycles. The van der Waals surface area contributed by atoms with Gasteiger partial charge in [0, 0.05) is 11.8 Å². The summed E-state index contributed by atoms with van der Waals surface area (Å²) >= 11 is 0. The highest BCUT2D eigenvalue weighted by molar-refractivity contribution is 6.06. The summed E-state index contributed by atoms with van der Waals surface area (Å²) in [6.45, 7) is 6.34. The van der Waals surface area contributed by atoms with Gasteiger partial charge in [-0.15, -0.1) is 0 Å². The van der Waals surface area contributed by atoms with E-state index in [0.29, 0.717) is 0 Å². The van der Waals surface area contributed by atoms with Crippen LogP contribution in [0.4, 0.5) is 0 Å². The van der Waals surface area contributed by atoms with Crippen molar-refractivity contribution in [1.29, 1.82) is 0 Å². The molecule has 3 nitrogen and oxygen atoms in total. The molecular formula is C24H20N2O. The minimum atomic E-state index is -0.244. The van der Waals surface area contributed by atoms with Gasteiger partial charge in [0.1, 0.15) is 11.7 Å². The molecule has 1 unspecified atom stereocenters. The first-order valence-electron chi connectivity index (χ1n) is 9.23. The SMILES string of the molecule is Cc1cc(C)c(-n2cc3nc2C3C(=O)c2ccc3ccccc3c2)c(C)c1. The number of Topliss-reactive ketones (excluding diaryl/α,β-unsaturated/α-hetero) is 1. The number of aryl methyl sites for hydroxylation is 3. The first-order chi connectivity index (χ1) is 13.0. The van der Waals surface area contributed by atoms with Gasteiger partial charge < -0.3 is 4.57 Å². The maximum Gasteiger partial charge on any atom is 0.179 e. The van der Waals surface area contributed by atoms with Gasteiger partial charge in [-0.3, -0.25) is 4.79 Å². The average Bonchev–Trinajstić information content (AvgIpc) is 3.20. The molecule has 2 aliphatic rings. The molecule has 0 N–H and O–H groups in total. The minimum Gasteiger partial charge on any atom is -0.302 e. The molecule has 3 heteroatoms. The first kappa shape index (κ1) is 16.0. The predicted molar refractivity (Wildman–Crippen MR) is 108 cm³/mol. The highest BCUT2D eigenvalue weighted by Gasteiger charge is 2.39. The van der Waals surface area contributed by atoms with Crippen LogP contribution in [0.2, 0.25) is 0 Å². The lowest BCUT2D eigenvalue weighted by Gasteiger charge is -2.20. The second kappa shape index (κ2) is 5.65. The van der Waals surface area contributed by atoms with E-state index in [-0.39, 0.29) is 11.7 Å². The molecule has 1 atom stereocenters. The quantitative estimate of drug-likeness (QED) is 0.470. The molecule has 3 aromatic carbocycles. The van der Waals surface area contributed by atoms with Gasteiger partial charge in [-0.1, -0.05) is 54.1 Å². The standard InChI is InChI=1S/C24H20N2O/c1-14-10-15(2)22(16(3)11-14)26-13-20-21(24(26)25-20)23(27)19-9-8-17-6-4-5-7-18(17)12-19/h4-13,21H,1-3H3. The summed E-state index contributed by atoms with van der Waals surface area (Å²) in [6, 6.07) is 18.4. The average molecular weight is 352 g/mol. The Morgan fingerprint density at radius 3 is 2.37 bits per heavy atom. The third-order valence-electron chi connectivity index (χ3n) is 5.48. The van der Waals surface area contributed by atoms with Crippen LogP contribution >= 0.6 is 0 Å². The van der Waals surface area contributed by atoms with Crippen LogP contribution in [0.5, 0.6) is 0 Å². The number of ketones is 1. The van der Waals surface area contributed by atoms with E-state index in [2.05, 4.69) is 48.5 Å². The molecule has 0 aliphatic carbocycles. The molecule has 4 aromatic rings. The molecule has 2 bridgehead atoms. The Balaban J connectivity index is 1.53. The third-order valence-corrected chi connectivity index (χ3v) is 5.48. The number of carbonyl (C=O) groups is 1. The Morgan fingerprint density at radius 2 is 1.63 bits per heavy atom. The zero-order valence-corrected chi connectivity index (χ0v) is 15.7. The molecule has 132 valence electrons. The molecule has 6 rings (SSSR count). The van der Waals surface area contributed by atoms with E-state index in [1.165, 1.54) is 16.7 Å². The monoisotopic (exact) mass is 352 g/mol. The van der Waals surface area contributed by atoms with Crippen LogP contribution in [0, 0.1) is 20.8 Å². The van der Waals surface area contributed by atoms with Gasteiger partial charge in [0.25, 0.3) is 0 Å². The number of benzene rings is 3. The summed E-state index contributed by atoms with van der Waals surface area (Å²) in [5.41, 5.74) is 6.41. The van der Waals surface area contributed by atoms with Crippen molar-refractivity contribution in [3.05, 3.63) is 94.6 Å². The highest BCUT2D eigenvalue weighted by Crippen LogP contribution is 2.39. The molecule has 1 aromatic heterocycles. The fourth-order valence-corrected chi connectivity index (χ4v) is 4.31. The van der Waals surface area contributed by atoms with Crippen molar-refractivity contribution in [2.45, 2.75) is 26.7 Å². The smallest absolute Gasteiger partial charge is 0.179 e. The van der Waals surface area contributed by atoms with Gasteiger partial charge in [-0.2, -0.15) is 0 Å². The summed E-state index contributed by atoms with van der Waals surface area (Å²) in [5.74, 6) is 0.728. The molecule has 0 amide bonds. The Labute approximate surface area is 158 Å². The fourth-order valence-electron chi connectivity index (χ4n) is 4.31. The first-order valence-corrected chi connectivity index (χ1v) is 9.23. The van der Waals surface area contributed by atoms with E-state index in [4.69, 9.17) is 0 Å². The zero-order valence-electron chi connectivity index (χ0n) is 15.7. The second-order valence-corrected chi connectivity index (χ2v) is 7.50. The van der Waals surface area contributed by atoms with Gasteiger partial charge in [-0.05, 0) is 48.7 Å². The highest BCUT2D eigenvalue weighted by atomic mass is 16.1. The molecule has 0 fully saturated rings. The fraction of sp³-hybridized carbons (Fsp3) is 0.167. The lowest BCUT2D eigenvalue weighted by molar-refractivity contribution is 0.0964. The van der Waals surface area contributed by atoms with Crippen molar-refractivity contribution in [3.8, 4) is 5.69 Å². The van der Waals surface area contributed by atoms with Crippen LogP contribution in [-0.4, -0.2) is 15.3 Å². The number of hydrogen-bond donors (Lipinski definition) is 0. The normalized spacial score (nSPS) is 15.0. The van der Waals surface area contributed by atoms with Crippen molar-refractivity contribution < 1.29 is 4.79 Å². The van der Waals surface area contributed by atoms with E-state index in [1.807, 2.05) is 42.6 Å². The van der Waals surface area contributed by atoms with Gasteiger partial charge in [0.15, 0.2) is 5.78 Å². The van der Waals surface area contributed by atoms with Gasteiger partial charge >= 0.3 is 0 Å². The second-order valence-electron chi connectivity index (χ2n) is 7.50. The molecular weight excluding hydrogens is 332 g/mol. The van der Waals surface area contributed by atoms with Gasteiger partial charge in [-0.25, -0.2) is 4.98 Å². The van der Waals surface area contributed by atoms with E-state index >= 15 is 0 Å². The Morgan fingerprint density at radius 1 is 0.926 bits per heavy atom. The number of imidazole rings is 1. The Kier molecular flexibility index (Phi) is 3.35. The number of nitrogens with zero attached hydrogens (tertiary/aromatic N) is 2. The van der Waals surface area contributed by atoms with Crippen LogP contribution in [0.1, 0.15) is 44.5 Å². The Hall–Kier alpha value is -3.20. The van der Waals surface area contributed by atoms with Crippen LogP contribution < -0.4 is 0 Å². The lowest BCUT2D eigenvalue weighted by atomic mass is 9.91. The summed E-state index contributed by atoms with van der Waals surface area (Å²) in [7, 11) is 0. The predicted octanol–water partition coefficient (Wildman–Crippen LogP) is 5.28. The van der Waals surface area contributed by atoms with Crippen LogP contribution in [0.25, 0.3) is 16.5 Å². The van der Waals surface area contributed by atoms with Gasteiger partial charge in [0.05, 0.1) is 11.4 Å². The third kappa shape index (κ3) is 2.35. The van der Waals surface area contributed by atoms with Crippen molar-refractivity contribution in [3.63, 3.8) is 0 Å². The van der Waals surface area contributed by atoms with E-state index in [1.54, 1.807) is 0 Å². The summed E-state index contributed by atoms with van der Waals surface area (Å²) < 4.78 is 2.10. The van der Waals surface area contributed by atoms with Crippen molar-refractivity contribution in [2.75, 3.05) is 0 Å². The number of rotatable bonds is 3. The van der Waals surface area contributed by atoms with Crippen molar-refractivity contribution >= 4 is 16.6 Å². The zero-order chi connectivity index (χ0) is 18.7. The molecule has 0 radical (unpaired) electrons. The number of hydrogen-bond acceptors (Lipinski definition) is 2. The van der Waals surface area contributed by atoms with Crippen LogP contribution in [0.3, 0.4) is 0 Å². The van der Waals surface area contributed by atoms with Crippen molar-refractivity contribution in [2.24, 2.45) is 0 Å². The lowest BCUT2D eigenvalue weighted by Crippen LogP contribution is -2.22. The maximum absolute atomic E-state index is 13.2. The van der Waals surface area contributed by atoms with Crippen LogP contribution in [-0.2, 0) is 0 Å². The maximum atomic E-state index is 13.2. The molecule has 0 spiro atoms. The molecule has 0 saturated heterocycles. The number of fused-ring (bicyclic) bond motifs is 2. The molecule has 27 heavy (non-hydrogen) atoms. The largest absolute Gasteiger partial charge is 0.302 e. The topological polar surface area (TPSA) is 34.9 Å². The van der Waals surface area contributed by atoms with Crippen LogP contribution in [0.15, 0.2) is 60.8 Å². The summed E-state index contributed by atoms with van der Waals surface area (Å²) in [5, 5.41) is 2.24. The Bertz CT molecular complexity index is 1210. The minimum absolute atomic E-state index is 0.127. The van der Waals surface area contributed by atoms with Gasteiger partial charge in [0.2, 0.25) is 0 Å². The molecule has 3 heterocycles. The summed E-state index contributed by atoms with van der Waals surface area (Å²) in [4.78, 5) is 17.8. The summed E-state index contributed by atoms with van der Waals surface area (Å²) in [6.07, 6.45) is 2.02. The molecule has 2 aliphatic heterocycles. The van der Waals surface area contributed by atoms with E-state index < -0.39 is 0 Å². The van der Waals surface area contributed by atoms with E-state index in [9.17, 15) is 4.79 Å².